The van der Waals surface area contributed by atoms with Gasteiger partial charge in [-0.25, -0.2) is 0 Å². The third-order valence-electron chi connectivity index (χ3n) is 2.88. The molecule has 0 aliphatic rings. The van der Waals surface area contributed by atoms with Gasteiger partial charge >= 0.3 is 7.60 Å². The zero-order chi connectivity index (χ0) is 14.4. The van der Waals surface area contributed by atoms with E-state index in [0.717, 1.165) is 16.3 Å². The largest absolute Gasteiger partial charge is 0.354 e. The second kappa shape index (κ2) is 6.85. The van der Waals surface area contributed by atoms with Crippen molar-refractivity contribution in [3.8, 4) is 0 Å². The molecular formula is C16H19O3P. The summed E-state index contributed by atoms with van der Waals surface area (Å²) < 4.78 is 22.9. The van der Waals surface area contributed by atoms with Crippen molar-refractivity contribution in [2.45, 2.75) is 13.8 Å². The molecule has 0 amide bonds. The Bertz CT molecular complexity index is 634. The molecule has 0 bridgehead atoms. The van der Waals surface area contributed by atoms with Crippen molar-refractivity contribution in [2.24, 2.45) is 0 Å². The maximum absolute atomic E-state index is 12.4. The van der Waals surface area contributed by atoms with Crippen LogP contribution in [0.25, 0.3) is 16.8 Å². The Kier molecular flexibility index (Phi) is 5.13. The van der Waals surface area contributed by atoms with Crippen LogP contribution in [0.1, 0.15) is 19.4 Å². The van der Waals surface area contributed by atoms with Gasteiger partial charge in [0, 0.05) is 5.82 Å². The Morgan fingerprint density at radius 2 is 1.65 bits per heavy atom. The first-order chi connectivity index (χ1) is 9.68. The molecule has 0 fully saturated rings. The van der Waals surface area contributed by atoms with Crippen molar-refractivity contribution in [3.05, 3.63) is 53.8 Å². The highest BCUT2D eigenvalue weighted by molar-refractivity contribution is 7.57. The first-order valence-electron chi connectivity index (χ1n) is 6.74. The van der Waals surface area contributed by atoms with Crippen LogP contribution < -0.4 is 0 Å². The van der Waals surface area contributed by atoms with Crippen LogP contribution in [0.5, 0.6) is 0 Å². The van der Waals surface area contributed by atoms with Crippen LogP contribution in [0.15, 0.2) is 48.3 Å². The highest BCUT2D eigenvalue weighted by Gasteiger charge is 2.18. The second-order valence-corrected chi connectivity index (χ2v) is 6.15. The van der Waals surface area contributed by atoms with Gasteiger partial charge in [-0.05, 0) is 36.3 Å². The Labute approximate surface area is 119 Å². The molecule has 0 saturated carbocycles. The van der Waals surface area contributed by atoms with Crippen LogP contribution in [0.3, 0.4) is 0 Å². The molecule has 0 unspecified atom stereocenters. The van der Waals surface area contributed by atoms with Crippen LogP contribution in [-0.4, -0.2) is 13.2 Å². The Hall–Kier alpha value is -1.41. The van der Waals surface area contributed by atoms with Crippen LogP contribution >= 0.6 is 7.60 Å². The molecule has 0 atom stereocenters. The zero-order valence-electron chi connectivity index (χ0n) is 11.8. The summed E-state index contributed by atoms with van der Waals surface area (Å²) >= 11 is 0. The van der Waals surface area contributed by atoms with Crippen molar-refractivity contribution in [3.63, 3.8) is 0 Å². The van der Waals surface area contributed by atoms with Crippen LogP contribution in [-0.2, 0) is 13.6 Å². The number of hydrogen-bond acceptors (Lipinski definition) is 3. The molecule has 0 radical (unpaired) electrons. The first-order valence-corrected chi connectivity index (χ1v) is 8.35. The fourth-order valence-electron chi connectivity index (χ4n) is 2.05. The Balaban J connectivity index is 2.35. The van der Waals surface area contributed by atoms with E-state index in [1.807, 2.05) is 36.4 Å². The summed E-state index contributed by atoms with van der Waals surface area (Å²) in [5, 5.41) is 2.27. The summed E-state index contributed by atoms with van der Waals surface area (Å²) in [6, 6.07) is 14.1. The summed E-state index contributed by atoms with van der Waals surface area (Å²) in [7, 11) is -3.14. The summed E-state index contributed by atoms with van der Waals surface area (Å²) in [5.74, 6) is 1.54. The average molecular weight is 290 g/mol. The predicted octanol–water partition coefficient (Wildman–Crippen LogP) is 5.08. The molecule has 0 heterocycles. The third kappa shape index (κ3) is 3.57. The predicted molar refractivity (Wildman–Crippen MR) is 83.8 cm³/mol. The zero-order valence-corrected chi connectivity index (χ0v) is 12.7. The van der Waals surface area contributed by atoms with Crippen LogP contribution in [0.4, 0.5) is 0 Å². The number of benzene rings is 2. The molecule has 0 aliphatic heterocycles. The molecule has 0 aliphatic carbocycles. The lowest BCUT2D eigenvalue weighted by molar-refractivity contribution is 0.229. The fraction of sp³-hybridized carbons (Fsp3) is 0.250. The van der Waals surface area contributed by atoms with Crippen molar-refractivity contribution in [2.75, 3.05) is 13.2 Å². The molecule has 20 heavy (non-hydrogen) atoms. The Morgan fingerprint density at radius 3 is 2.35 bits per heavy atom. The van der Waals surface area contributed by atoms with E-state index in [4.69, 9.17) is 9.05 Å². The van der Waals surface area contributed by atoms with Gasteiger partial charge in [-0.1, -0.05) is 42.5 Å². The van der Waals surface area contributed by atoms with E-state index in [1.165, 1.54) is 0 Å². The minimum Gasteiger partial charge on any atom is -0.306 e. The molecule has 0 spiro atoms. The lowest BCUT2D eigenvalue weighted by Gasteiger charge is -2.12. The first kappa shape index (κ1) is 15.0. The average Bonchev–Trinajstić information content (AvgIpc) is 2.46. The SMILES string of the molecule is CCOP(=O)(C=Cc1cccc2ccccc12)OCC. The molecule has 2 rings (SSSR count). The minimum absolute atomic E-state index is 0.358. The molecule has 0 N–H and O–H groups in total. The van der Waals surface area contributed by atoms with E-state index < -0.39 is 7.60 Å². The van der Waals surface area contributed by atoms with Gasteiger partial charge < -0.3 is 9.05 Å². The summed E-state index contributed by atoms with van der Waals surface area (Å²) in [6.45, 7) is 4.32. The summed E-state index contributed by atoms with van der Waals surface area (Å²) in [5.41, 5.74) is 1.00. The van der Waals surface area contributed by atoms with Crippen molar-refractivity contribution < 1.29 is 13.6 Å². The molecule has 0 aromatic heterocycles. The molecule has 2 aromatic rings. The maximum Gasteiger partial charge on any atom is 0.354 e. The molecule has 106 valence electrons. The van der Waals surface area contributed by atoms with E-state index in [1.54, 1.807) is 19.7 Å². The molecule has 0 saturated heterocycles. The van der Waals surface area contributed by atoms with Gasteiger partial charge in [0.05, 0.1) is 13.2 Å². The lowest BCUT2D eigenvalue weighted by Crippen LogP contribution is -1.92. The lowest BCUT2D eigenvalue weighted by atomic mass is 10.1. The van der Waals surface area contributed by atoms with Gasteiger partial charge in [-0.15, -0.1) is 0 Å². The monoisotopic (exact) mass is 290 g/mol. The van der Waals surface area contributed by atoms with Gasteiger partial charge in [-0.2, -0.15) is 0 Å². The fourth-order valence-corrected chi connectivity index (χ4v) is 3.36. The number of hydrogen-bond donors (Lipinski definition) is 0. The molecule has 4 heteroatoms. The van der Waals surface area contributed by atoms with Gasteiger partial charge in [0.15, 0.2) is 0 Å². The van der Waals surface area contributed by atoms with Gasteiger partial charge in [-0.3, -0.25) is 4.57 Å². The quantitative estimate of drug-likeness (QED) is 0.696. The van der Waals surface area contributed by atoms with Crippen LogP contribution in [0, 0.1) is 0 Å². The van der Waals surface area contributed by atoms with Gasteiger partial charge in [0.2, 0.25) is 0 Å². The van der Waals surface area contributed by atoms with E-state index in [-0.39, 0.29) is 0 Å². The van der Waals surface area contributed by atoms with Crippen molar-refractivity contribution in [1.29, 1.82) is 0 Å². The maximum atomic E-state index is 12.4. The molecular weight excluding hydrogens is 271 g/mol. The van der Waals surface area contributed by atoms with E-state index in [0.29, 0.717) is 13.2 Å². The topological polar surface area (TPSA) is 35.5 Å². The summed E-state index contributed by atoms with van der Waals surface area (Å²) in [4.78, 5) is 0. The number of rotatable bonds is 6. The van der Waals surface area contributed by atoms with Gasteiger partial charge in [0.25, 0.3) is 0 Å². The molecule has 2 aromatic carbocycles. The third-order valence-corrected chi connectivity index (χ3v) is 4.63. The highest BCUT2D eigenvalue weighted by Crippen LogP contribution is 2.50. The normalized spacial score (nSPS) is 12.3. The minimum atomic E-state index is -3.14. The van der Waals surface area contributed by atoms with E-state index in [2.05, 4.69) is 12.1 Å². The van der Waals surface area contributed by atoms with E-state index in [9.17, 15) is 4.57 Å². The van der Waals surface area contributed by atoms with Crippen LogP contribution in [0.2, 0.25) is 0 Å². The van der Waals surface area contributed by atoms with Crippen molar-refractivity contribution in [1.82, 2.24) is 0 Å². The smallest absolute Gasteiger partial charge is 0.306 e. The van der Waals surface area contributed by atoms with E-state index >= 15 is 0 Å². The van der Waals surface area contributed by atoms with Gasteiger partial charge in [0.1, 0.15) is 0 Å². The standard InChI is InChI=1S/C16H19O3P/c1-3-18-20(17,19-4-2)13-12-15-10-7-9-14-8-5-6-11-16(14)15/h5-13H,3-4H2,1-2H3. The molecule has 3 nitrogen and oxygen atoms in total. The second-order valence-electron chi connectivity index (χ2n) is 4.26. The summed E-state index contributed by atoms with van der Waals surface area (Å²) in [6.07, 6.45) is 1.81. The number of fused-ring (bicyclic) bond motifs is 1. The highest BCUT2D eigenvalue weighted by atomic mass is 31.2. The Morgan fingerprint density at radius 1 is 1.00 bits per heavy atom. The van der Waals surface area contributed by atoms with Crippen molar-refractivity contribution >= 4 is 24.4 Å².